The van der Waals surface area contributed by atoms with Crippen LogP contribution in [0.3, 0.4) is 0 Å². The number of aromatic carboxylic acids is 1. The number of ether oxygens (including phenoxy) is 1. The highest BCUT2D eigenvalue weighted by Crippen LogP contribution is 2.25. The average Bonchev–Trinajstić information content (AvgIpc) is 2.24. The fraction of sp³-hybridized carbons (Fsp3) is 0.500. The minimum Gasteiger partial charge on any atom is -0.493 e. The van der Waals surface area contributed by atoms with Gasteiger partial charge in [-0.15, -0.1) is 0 Å². The number of hydrogen-bond acceptors (Lipinski definition) is 2. The van der Waals surface area contributed by atoms with Gasteiger partial charge in [0.05, 0.1) is 6.61 Å². The maximum absolute atomic E-state index is 11.1. The van der Waals surface area contributed by atoms with Gasteiger partial charge >= 0.3 is 5.97 Å². The van der Waals surface area contributed by atoms with Crippen molar-refractivity contribution in [3.63, 3.8) is 0 Å². The van der Waals surface area contributed by atoms with Crippen molar-refractivity contribution in [3.8, 4) is 5.75 Å². The predicted octanol–water partition coefficient (Wildman–Crippen LogP) is 4.35. The van der Waals surface area contributed by atoms with Crippen LogP contribution in [0.5, 0.6) is 5.75 Å². The Bertz CT molecular complexity index is 422. The van der Waals surface area contributed by atoms with Gasteiger partial charge in [0.25, 0.3) is 0 Å². The number of hydrogen-bond donors (Lipinski definition) is 1. The molecule has 0 heterocycles. The van der Waals surface area contributed by atoms with Crippen molar-refractivity contribution in [2.75, 3.05) is 6.61 Å². The zero-order chi connectivity index (χ0) is 13.8. The predicted molar refractivity (Wildman–Crippen MR) is 75.3 cm³/mol. The van der Waals surface area contributed by atoms with Crippen molar-refractivity contribution in [3.05, 3.63) is 28.2 Å². The molecule has 0 unspecified atom stereocenters. The Balaban J connectivity index is 2.59. The molecular formula is C14H19BrO3. The van der Waals surface area contributed by atoms with Crippen molar-refractivity contribution in [1.29, 1.82) is 0 Å². The zero-order valence-electron chi connectivity index (χ0n) is 11.0. The number of carbonyl (C=O) groups is 1. The molecule has 0 spiro atoms. The highest BCUT2D eigenvalue weighted by atomic mass is 79.9. The van der Waals surface area contributed by atoms with Gasteiger partial charge in [0.1, 0.15) is 11.3 Å². The lowest BCUT2D eigenvalue weighted by molar-refractivity contribution is 0.0692. The first kappa shape index (κ1) is 15.0. The van der Waals surface area contributed by atoms with E-state index in [1.807, 2.05) is 0 Å². The summed E-state index contributed by atoms with van der Waals surface area (Å²) < 4.78 is 6.29. The number of halogens is 1. The summed E-state index contributed by atoms with van der Waals surface area (Å²) in [7, 11) is 0. The third-order valence-corrected chi connectivity index (χ3v) is 2.99. The molecule has 3 nitrogen and oxygen atoms in total. The lowest BCUT2D eigenvalue weighted by atomic mass is 9.91. The lowest BCUT2D eigenvalue weighted by Crippen LogP contribution is -2.09. The summed E-state index contributed by atoms with van der Waals surface area (Å²) in [4.78, 5) is 11.1. The summed E-state index contributed by atoms with van der Waals surface area (Å²) >= 11 is 3.25. The van der Waals surface area contributed by atoms with Crippen LogP contribution in [0.4, 0.5) is 0 Å². The second-order valence-corrected chi connectivity index (χ2v) is 6.37. The zero-order valence-corrected chi connectivity index (χ0v) is 12.6. The van der Waals surface area contributed by atoms with Crippen molar-refractivity contribution in [2.45, 2.75) is 33.6 Å². The monoisotopic (exact) mass is 314 g/mol. The largest absolute Gasteiger partial charge is 0.493 e. The average molecular weight is 315 g/mol. The normalized spacial score (nSPS) is 11.3. The van der Waals surface area contributed by atoms with E-state index < -0.39 is 5.97 Å². The number of rotatable bonds is 5. The highest BCUT2D eigenvalue weighted by Gasteiger charge is 2.13. The fourth-order valence-corrected chi connectivity index (χ4v) is 1.94. The maximum atomic E-state index is 11.1. The van der Waals surface area contributed by atoms with Crippen LogP contribution in [0.1, 0.15) is 44.0 Å². The van der Waals surface area contributed by atoms with Crippen LogP contribution in [0.25, 0.3) is 0 Å². The van der Waals surface area contributed by atoms with Gasteiger partial charge in [0, 0.05) is 4.47 Å². The van der Waals surface area contributed by atoms with Crippen molar-refractivity contribution < 1.29 is 14.6 Å². The molecular weight excluding hydrogens is 296 g/mol. The van der Waals surface area contributed by atoms with Crippen LogP contribution in [0, 0.1) is 5.41 Å². The smallest absolute Gasteiger partial charge is 0.339 e. The van der Waals surface area contributed by atoms with Gasteiger partial charge in [0.15, 0.2) is 0 Å². The molecule has 0 bridgehead atoms. The van der Waals surface area contributed by atoms with Gasteiger partial charge in [0.2, 0.25) is 0 Å². The van der Waals surface area contributed by atoms with Gasteiger partial charge in [-0.25, -0.2) is 4.79 Å². The Morgan fingerprint density at radius 3 is 2.61 bits per heavy atom. The SMILES string of the molecule is CC(C)(C)CCCOc1ccc(Br)cc1C(=O)O. The van der Waals surface area contributed by atoms with Crippen molar-refractivity contribution in [2.24, 2.45) is 5.41 Å². The quantitative estimate of drug-likeness (QED) is 0.822. The molecule has 1 N–H and O–H groups in total. The van der Waals surface area contributed by atoms with Gasteiger partial charge < -0.3 is 9.84 Å². The molecule has 1 rings (SSSR count). The second-order valence-electron chi connectivity index (χ2n) is 5.46. The number of benzene rings is 1. The third kappa shape index (κ3) is 5.08. The first-order valence-corrected chi connectivity index (χ1v) is 6.74. The van der Waals surface area contributed by atoms with Gasteiger partial charge in [-0.3, -0.25) is 0 Å². The van der Waals surface area contributed by atoms with E-state index in [1.54, 1.807) is 18.2 Å². The van der Waals surface area contributed by atoms with E-state index in [2.05, 4.69) is 36.7 Å². The molecule has 0 atom stereocenters. The van der Waals surface area contributed by atoms with Gasteiger partial charge in [-0.2, -0.15) is 0 Å². The number of carboxylic acid groups (broad SMARTS) is 1. The Kier molecular flexibility index (Phi) is 5.20. The van der Waals surface area contributed by atoms with E-state index in [-0.39, 0.29) is 11.0 Å². The van der Waals surface area contributed by atoms with Crippen LogP contribution >= 0.6 is 15.9 Å². The first-order valence-electron chi connectivity index (χ1n) is 5.95. The number of carboxylic acids is 1. The summed E-state index contributed by atoms with van der Waals surface area (Å²) in [6.45, 7) is 7.07. The Morgan fingerprint density at radius 2 is 2.06 bits per heavy atom. The van der Waals surface area contributed by atoms with E-state index in [4.69, 9.17) is 9.84 Å². The Morgan fingerprint density at radius 1 is 1.39 bits per heavy atom. The molecule has 0 fully saturated rings. The van der Waals surface area contributed by atoms with E-state index in [1.165, 1.54) is 0 Å². The second kappa shape index (κ2) is 6.23. The molecule has 4 heteroatoms. The molecule has 18 heavy (non-hydrogen) atoms. The standard InChI is InChI=1S/C14H19BrO3/c1-14(2,3)7-4-8-18-12-6-5-10(15)9-11(12)13(16)17/h5-6,9H,4,7-8H2,1-3H3,(H,16,17). The van der Waals surface area contributed by atoms with E-state index in [0.717, 1.165) is 17.3 Å². The minimum absolute atomic E-state index is 0.195. The first-order chi connectivity index (χ1) is 8.29. The van der Waals surface area contributed by atoms with Gasteiger partial charge in [-0.1, -0.05) is 36.7 Å². The van der Waals surface area contributed by atoms with E-state index >= 15 is 0 Å². The topological polar surface area (TPSA) is 46.5 Å². The van der Waals surface area contributed by atoms with Crippen LogP contribution < -0.4 is 4.74 Å². The summed E-state index contributed by atoms with van der Waals surface area (Å²) in [6.07, 6.45) is 1.96. The Hall–Kier alpha value is -1.03. The molecule has 0 aliphatic heterocycles. The molecule has 0 aliphatic rings. The van der Waals surface area contributed by atoms with Gasteiger partial charge in [-0.05, 0) is 36.5 Å². The summed E-state index contributed by atoms with van der Waals surface area (Å²) in [5, 5.41) is 9.08. The molecule has 1 aromatic carbocycles. The van der Waals surface area contributed by atoms with Crippen LogP contribution in [-0.4, -0.2) is 17.7 Å². The molecule has 0 radical (unpaired) electrons. The molecule has 100 valence electrons. The molecule has 0 aliphatic carbocycles. The van der Waals surface area contributed by atoms with Crippen molar-refractivity contribution in [1.82, 2.24) is 0 Å². The molecule has 0 saturated heterocycles. The van der Waals surface area contributed by atoms with Crippen LogP contribution in [-0.2, 0) is 0 Å². The van der Waals surface area contributed by atoms with E-state index in [0.29, 0.717) is 12.4 Å². The van der Waals surface area contributed by atoms with Crippen molar-refractivity contribution >= 4 is 21.9 Å². The molecule has 1 aromatic rings. The van der Waals surface area contributed by atoms with Crippen LogP contribution in [0.2, 0.25) is 0 Å². The van der Waals surface area contributed by atoms with E-state index in [9.17, 15) is 4.79 Å². The third-order valence-electron chi connectivity index (χ3n) is 2.50. The summed E-state index contributed by atoms with van der Waals surface area (Å²) in [6, 6.07) is 5.03. The summed E-state index contributed by atoms with van der Waals surface area (Å²) in [5.74, 6) is -0.540. The molecule has 0 aromatic heterocycles. The Labute approximate surface area is 116 Å². The molecule has 0 saturated carbocycles. The fourth-order valence-electron chi connectivity index (χ4n) is 1.58. The molecule has 0 amide bonds. The maximum Gasteiger partial charge on any atom is 0.339 e. The minimum atomic E-state index is -0.970. The van der Waals surface area contributed by atoms with Crippen LogP contribution in [0.15, 0.2) is 22.7 Å². The summed E-state index contributed by atoms with van der Waals surface area (Å²) in [5.41, 5.74) is 0.471. The lowest BCUT2D eigenvalue weighted by Gasteiger charge is -2.18. The highest BCUT2D eigenvalue weighted by molar-refractivity contribution is 9.10.